The van der Waals surface area contributed by atoms with Gasteiger partial charge in [-0.3, -0.25) is 0 Å². The van der Waals surface area contributed by atoms with Gasteiger partial charge in [0.2, 0.25) is 0 Å². The Bertz CT molecular complexity index is 254. The summed E-state index contributed by atoms with van der Waals surface area (Å²) in [4.78, 5) is 23.9. The SMILES string of the molecule is CNC(=O)N1CCCCC1(C)C(=O)O. The second kappa shape index (κ2) is 3.86. The van der Waals surface area contributed by atoms with Gasteiger partial charge in [0.15, 0.2) is 0 Å². The molecule has 5 nitrogen and oxygen atoms in total. The molecule has 0 spiro atoms. The third kappa shape index (κ3) is 1.66. The number of likely N-dealkylation sites (tertiary alicyclic amines) is 1. The highest BCUT2D eigenvalue weighted by Gasteiger charge is 2.43. The molecule has 1 unspecified atom stereocenters. The van der Waals surface area contributed by atoms with Crippen molar-refractivity contribution in [1.82, 2.24) is 10.2 Å². The van der Waals surface area contributed by atoms with Crippen molar-refractivity contribution >= 4 is 12.0 Å². The van der Waals surface area contributed by atoms with Gasteiger partial charge in [-0.05, 0) is 26.2 Å². The van der Waals surface area contributed by atoms with Crippen LogP contribution in [0.25, 0.3) is 0 Å². The molecule has 0 saturated carbocycles. The van der Waals surface area contributed by atoms with Gasteiger partial charge in [0.05, 0.1) is 0 Å². The third-order valence-corrected chi connectivity index (χ3v) is 2.81. The van der Waals surface area contributed by atoms with Crippen molar-refractivity contribution < 1.29 is 14.7 Å². The van der Waals surface area contributed by atoms with Gasteiger partial charge >= 0.3 is 12.0 Å². The van der Waals surface area contributed by atoms with Crippen molar-refractivity contribution in [3.63, 3.8) is 0 Å². The standard InChI is InChI=1S/C9H16N2O3/c1-9(7(12)13)5-3-4-6-11(9)8(14)10-2/h3-6H2,1-2H3,(H,10,14)(H,12,13). The van der Waals surface area contributed by atoms with Crippen LogP contribution in [0.4, 0.5) is 4.79 Å². The Kier molecular flexibility index (Phi) is 2.98. The summed E-state index contributed by atoms with van der Waals surface area (Å²) in [5, 5.41) is 11.6. The van der Waals surface area contributed by atoms with E-state index in [1.54, 1.807) is 6.92 Å². The molecule has 0 radical (unpaired) electrons. The van der Waals surface area contributed by atoms with Gasteiger partial charge < -0.3 is 15.3 Å². The molecule has 0 aromatic rings. The van der Waals surface area contributed by atoms with Crippen LogP contribution < -0.4 is 5.32 Å². The molecule has 1 fully saturated rings. The van der Waals surface area contributed by atoms with E-state index in [0.29, 0.717) is 13.0 Å². The van der Waals surface area contributed by atoms with Crippen LogP contribution in [0.1, 0.15) is 26.2 Å². The fraction of sp³-hybridized carbons (Fsp3) is 0.778. The van der Waals surface area contributed by atoms with Crippen molar-refractivity contribution in [2.75, 3.05) is 13.6 Å². The Labute approximate surface area is 83.1 Å². The molecular weight excluding hydrogens is 184 g/mol. The molecule has 0 aromatic carbocycles. The van der Waals surface area contributed by atoms with Crippen LogP contribution in [0.3, 0.4) is 0 Å². The first-order chi connectivity index (χ1) is 6.52. The minimum absolute atomic E-state index is 0.311. The van der Waals surface area contributed by atoms with E-state index in [9.17, 15) is 9.59 Å². The Morgan fingerprint density at radius 1 is 1.43 bits per heavy atom. The molecule has 1 heterocycles. The minimum Gasteiger partial charge on any atom is -0.480 e. The van der Waals surface area contributed by atoms with Crippen molar-refractivity contribution in [2.45, 2.75) is 31.7 Å². The van der Waals surface area contributed by atoms with E-state index in [0.717, 1.165) is 12.8 Å². The maximum absolute atomic E-state index is 11.4. The first kappa shape index (κ1) is 10.8. The largest absolute Gasteiger partial charge is 0.480 e. The number of hydrogen-bond acceptors (Lipinski definition) is 2. The van der Waals surface area contributed by atoms with Crippen LogP contribution >= 0.6 is 0 Å². The fourth-order valence-electron chi connectivity index (χ4n) is 1.80. The first-order valence-corrected chi connectivity index (χ1v) is 4.75. The van der Waals surface area contributed by atoms with Crippen molar-refractivity contribution in [3.8, 4) is 0 Å². The Hall–Kier alpha value is -1.26. The molecule has 1 aliphatic heterocycles. The number of nitrogens with one attached hydrogen (secondary N) is 1. The number of carboxylic acid groups (broad SMARTS) is 1. The Morgan fingerprint density at radius 3 is 2.57 bits per heavy atom. The summed E-state index contributed by atoms with van der Waals surface area (Å²) < 4.78 is 0. The van der Waals surface area contributed by atoms with E-state index < -0.39 is 11.5 Å². The molecular formula is C9H16N2O3. The molecule has 1 rings (SSSR count). The van der Waals surface area contributed by atoms with Crippen LogP contribution in [0.15, 0.2) is 0 Å². The summed E-state index contributed by atoms with van der Waals surface area (Å²) >= 11 is 0. The minimum atomic E-state index is -1.04. The van der Waals surface area contributed by atoms with Gasteiger partial charge in [-0.2, -0.15) is 0 Å². The second-order valence-electron chi connectivity index (χ2n) is 3.74. The maximum Gasteiger partial charge on any atom is 0.329 e. The number of urea groups is 1. The topological polar surface area (TPSA) is 69.6 Å². The highest BCUT2D eigenvalue weighted by molar-refractivity contribution is 5.86. The van der Waals surface area contributed by atoms with Gasteiger partial charge in [-0.1, -0.05) is 0 Å². The molecule has 1 aliphatic rings. The number of rotatable bonds is 1. The number of piperidine rings is 1. The van der Waals surface area contributed by atoms with Gasteiger partial charge in [0.25, 0.3) is 0 Å². The van der Waals surface area contributed by atoms with E-state index in [1.165, 1.54) is 11.9 Å². The summed E-state index contributed by atoms with van der Waals surface area (Å²) in [6, 6.07) is -0.311. The first-order valence-electron chi connectivity index (χ1n) is 4.75. The lowest BCUT2D eigenvalue weighted by Crippen LogP contribution is -2.59. The number of amides is 2. The van der Waals surface area contributed by atoms with E-state index in [4.69, 9.17) is 5.11 Å². The van der Waals surface area contributed by atoms with E-state index in [1.807, 2.05) is 0 Å². The molecule has 1 saturated heterocycles. The zero-order valence-corrected chi connectivity index (χ0v) is 8.54. The number of hydrogen-bond donors (Lipinski definition) is 2. The van der Waals surface area contributed by atoms with Crippen LogP contribution in [0.2, 0.25) is 0 Å². The van der Waals surface area contributed by atoms with Gasteiger partial charge in [0, 0.05) is 13.6 Å². The monoisotopic (exact) mass is 200 g/mol. The summed E-state index contributed by atoms with van der Waals surface area (Å²) in [5.74, 6) is -0.930. The van der Waals surface area contributed by atoms with Crippen molar-refractivity contribution in [2.24, 2.45) is 0 Å². The average Bonchev–Trinajstić information content (AvgIpc) is 2.17. The molecule has 2 N–H and O–H groups in total. The molecule has 80 valence electrons. The van der Waals surface area contributed by atoms with Crippen LogP contribution in [-0.2, 0) is 4.79 Å². The predicted molar refractivity (Wildman–Crippen MR) is 51.1 cm³/mol. The lowest BCUT2D eigenvalue weighted by Gasteiger charge is -2.41. The normalized spacial score (nSPS) is 27.1. The van der Waals surface area contributed by atoms with E-state index in [2.05, 4.69) is 5.32 Å². The maximum atomic E-state index is 11.4. The summed E-state index contributed by atoms with van der Waals surface area (Å²) in [5.41, 5.74) is -1.04. The fourth-order valence-corrected chi connectivity index (χ4v) is 1.80. The lowest BCUT2D eigenvalue weighted by molar-refractivity contribution is -0.150. The highest BCUT2D eigenvalue weighted by atomic mass is 16.4. The molecule has 0 aromatic heterocycles. The Morgan fingerprint density at radius 2 is 2.07 bits per heavy atom. The molecule has 2 amide bonds. The smallest absolute Gasteiger partial charge is 0.329 e. The zero-order valence-electron chi connectivity index (χ0n) is 8.54. The summed E-state index contributed by atoms with van der Waals surface area (Å²) in [6.07, 6.45) is 2.25. The number of nitrogens with zero attached hydrogens (tertiary/aromatic N) is 1. The second-order valence-corrected chi connectivity index (χ2v) is 3.74. The quantitative estimate of drug-likeness (QED) is 0.653. The van der Waals surface area contributed by atoms with Crippen LogP contribution in [-0.4, -0.2) is 41.1 Å². The summed E-state index contributed by atoms with van der Waals surface area (Å²) in [7, 11) is 1.51. The molecule has 5 heteroatoms. The predicted octanol–water partition coefficient (Wildman–Crippen LogP) is 0.655. The molecule has 1 atom stereocenters. The van der Waals surface area contributed by atoms with Crippen molar-refractivity contribution in [3.05, 3.63) is 0 Å². The van der Waals surface area contributed by atoms with Crippen LogP contribution in [0.5, 0.6) is 0 Å². The molecule has 0 aliphatic carbocycles. The lowest BCUT2D eigenvalue weighted by atomic mass is 9.89. The van der Waals surface area contributed by atoms with Crippen LogP contribution in [0, 0.1) is 0 Å². The third-order valence-electron chi connectivity index (χ3n) is 2.81. The van der Waals surface area contributed by atoms with Gasteiger partial charge in [-0.15, -0.1) is 0 Å². The summed E-state index contributed by atoms with van der Waals surface area (Å²) in [6.45, 7) is 2.12. The van der Waals surface area contributed by atoms with Crippen molar-refractivity contribution in [1.29, 1.82) is 0 Å². The number of aliphatic carboxylic acids is 1. The zero-order chi connectivity index (χ0) is 10.8. The molecule has 0 bridgehead atoms. The van der Waals surface area contributed by atoms with E-state index in [-0.39, 0.29) is 6.03 Å². The van der Waals surface area contributed by atoms with E-state index >= 15 is 0 Å². The molecule has 14 heavy (non-hydrogen) atoms. The number of carbonyl (C=O) groups is 2. The average molecular weight is 200 g/mol. The van der Waals surface area contributed by atoms with Gasteiger partial charge in [0.1, 0.15) is 5.54 Å². The highest BCUT2D eigenvalue weighted by Crippen LogP contribution is 2.27. The number of carbonyl (C=O) groups excluding carboxylic acids is 1. The number of carboxylic acids is 1. The Balaban J connectivity index is 2.88. The van der Waals surface area contributed by atoms with Gasteiger partial charge in [-0.25, -0.2) is 9.59 Å².